The Morgan fingerprint density at radius 1 is 1.40 bits per heavy atom. The maximum Gasteiger partial charge on any atom is 0.227 e. The predicted molar refractivity (Wildman–Crippen MR) is 76.2 cm³/mol. The highest BCUT2D eigenvalue weighted by atomic mass is 16.2. The lowest BCUT2D eigenvalue weighted by atomic mass is 10.1. The number of hydrogen-bond acceptors (Lipinski definition) is 3. The first-order chi connectivity index (χ1) is 9.78. The van der Waals surface area contributed by atoms with Crippen molar-refractivity contribution in [1.82, 2.24) is 4.98 Å². The monoisotopic (exact) mass is 267 g/mol. The van der Waals surface area contributed by atoms with Crippen LogP contribution in [0.15, 0.2) is 41.8 Å². The second-order valence-electron chi connectivity index (χ2n) is 4.90. The number of nitrogens with zero attached hydrogens (tertiary/aromatic N) is 5. The fourth-order valence-electron chi connectivity index (χ4n) is 2.54. The van der Waals surface area contributed by atoms with Crippen LogP contribution in [0.3, 0.4) is 0 Å². The molecule has 0 N–H and O–H groups in total. The highest BCUT2D eigenvalue weighted by Gasteiger charge is 2.30. The number of fused-ring (bicyclic) bond motifs is 1. The van der Waals surface area contributed by atoms with Crippen molar-refractivity contribution < 1.29 is 4.79 Å². The molecular formula is C14H13N5O. The normalized spacial score (nSPS) is 18.3. The maximum atomic E-state index is 12.1. The summed E-state index contributed by atoms with van der Waals surface area (Å²) in [5.41, 5.74) is 9.23. The molecule has 100 valence electrons. The molecule has 0 saturated carbocycles. The van der Waals surface area contributed by atoms with Crippen molar-refractivity contribution in [3.63, 3.8) is 0 Å². The van der Waals surface area contributed by atoms with E-state index in [9.17, 15) is 4.79 Å². The number of pyridine rings is 1. The van der Waals surface area contributed by atoms with Gasteiger partial charge in [-0.15, -0.1) is 0 Å². The molecule has 1 fully saturated rings. The van der Waals surface area contributed by atoms with Crippen LogP contribution in [-0.2, 0) is 4.79 Å². The third-order valence-corrected chi connectivity index (χ3v) is 3.54. The van der Waals surface area contributed by atoms with Gasteiger partial charge < -0.3 is 4.90 Å². The lowest BCUT2D eigenvalue weighted by Gasteiger charge is -2.17. The fraction of sp³-hybridized carbons (Fsp3) is 0.286. The van der Waals surface area contributed by atoms with E-state index in [1.807, 2.05) is 24.3 Å². The zero-order valence-corrected chi connectivity index (χ0v) is 10.8. The van der Waals surface area contributed by atoms with E-state index in [-0.39, 0.29) is 11.8 Å². The van der Waals surface area contributed by atoms with E-state index in [0.29, 0.717) is 19.5 Å². The molecule has 1 amide bonds. The number of carbonyl (C=O) groups excluding carboxylic acids is 1. The van der Waals surface area contributed by atoms with Crippen molar-refractivity contribution >= 4 is 22.4 Å². The number of carbonyl (C=O) groups is 1. The van der Waals surface area contributed by atoms with Crippen molar-refractivity contribution in [3.8, 4) is 0 Å². The number of azide groups is 1. The molecule has 3 rings (SSSR count). The van der Waals surface area contributed by atoms with Gasteiger partial charge in [0.1, 0.15) is 0 Å². The topological polar surface area (TPSA) is 82.0 Å². The molecule has 20 heavy (non-hydrogen) atoms. The minimum absolute atomic E-state index is 0.0801. The van der Waals surface area contributed by atoms with Crippen molar-refractivity contribution in [2.75, 3.05) is 18.0 Å². The van der Waals surface area contributed by atoms with Crippen molar-refractivity contribution in [2.24, 2.45) is 11.0 Å². The molecule has 1 unspecified atom stereocenters. The molecule has 0 bridgehead atoms. The van der Waals surface area contributed by atoms with Crippen LogP contribution in [0.1, 0.15) is 6.42 Å². The Kier molecular flexibility index (Phi) is 3.23. The number of aromatic nitrogens is 1. The Morgan fingerprint density at radius 3 is 3.15 bits per heavy atom. The summed E-state index contributed by atoms with van der Waals surface area (Å²) < 4.78 is 0. The van der Waals surface area contributed by atoms with E-state index < -0.39 is 0 Å². The second-order valence-corrected chi connectivity index (χ2v) is 4.90. The molecule has 6 heteroatoms. The zero-order chi connectivity index (χ0) is 13.9. The molecule has 6 nitrogen and oxygen atoms in total. The SMILES string of the molecule is [N-]=[N+]=NCC1CC(=O)N(c2ccc3cnccc3c2)C1. The van der Waals surface area contributed by atoms with Crippen LogP contribution >= 0.6 is 0 Å². The number of anilines is 1. The van der Waals surface area contributed by atoms with Gasteiger partial charge in [-0.25, -0.2) is 0 Å². The van der Waals surface area contributed by atoms with Gasteiger partial charge in [-0.2, -0.15) is 0 Å². The van der Waals surface area contributed by atoms with Crippen LogP contribution < -0.4 is 4.90 Å². The van der Waals surface area contributed by atoms with Gasteiger partial charge in [0.05, 0.1) is 0 Å². The average Bonchev–Trinajstić information content (AvgIpc) is 2.85. The first kappa shape index (κ1) is 12.4. The molecule has 2 aromatic rings. The van der Waals surface area contributed by atoms with Gasteiger partial charge in [0.25, 0.3) is 0 Å². The molecule has 1 aliphatic heterocycles. The first-order valence-corrected chi connectivity index (χ1v) is 6.43. The van der Waals surface area contributed by atoms with Crippen LogP contribution in [0.5, 0.6) is 0 Å². The Balaban J connectivity index is 1.87. The lowest BCUT2D eigenvalue weighted by molar-refractivity contribution is -0.117. The summed E-state index contributed by atoms with van der Waals surface area (Å²) in [7, 11) is 0. The van der Waals surface area contributed by atoms with Gasteiger partial charge in [0.15, 0.2) is 0 Å². The summed E-state index contributed by atoms with van der Waals surface area (Å²) in [5, 5.41) is 5.67. The highest BCUT2D eigenvalue weighted by Crippen LogP contribution is 2.28. The molecule has 1 aliphatic rings. The molecular weight excluding hydrogens is 254 g/mol. The number of rotatable bonds is 3. The minimum Gasteiger partial charge on any atom is -0.312 e. The molecule has 0 spiro atoms. The van der Waals surface area contributed by atoms with Crippen LogP contribution in [0, 0.1) is 5.92 Å². The minimum atomic E-state index is 0.0801. The molecule has 1 atom stereocenters. The smallest absolute Gasteiger partial charge is 0.227 e. The third-order valence-electron chi connectivity index (χ3n) is 3.54. The fourth-order valence-corrected chi connectivity index (χ4v) is 2.54. The van der Waals surface area contributed by atoms with Gasteiger partial charge >= 0.3 is 0 Å². The Labute approximate surface area is 115 Å². The van der Waals surface area contributed by atoms with Crippen LogP contribution in [0.4, 0.5) is 5.69 Å². The predicted octanol–water partition coefficient (Wildman–Crippen LogP) is 2.90. The lowest BCUT2D eigenvalue weighted by Crippen LogP contribution is -2.24. The van der Waals surface area contributed by atoms with E-state index in [0.717, 1.165) is 16.5 Å². The summed E-state index contributed by atoms with van der Waals surface area (Å²) >= 11 is 0. The molecule has 1 aromatic carbocycles. The van der Waals surface area contributed by atoms with Gasteiger partial charge in [-0.3, -0.25) is 9.78 Å². The maximum absolute atomic E-state index is 12.1. The van der Waals surface area contributed by atoms with Crippen LogP contribution in [-0.4, -0.2) is 24.0 Å². The van der Waals surface area contributed by atoms with Gasteiger partial charge in [0, 0.05) is 47.9 Å². The van der Waals surface area contributed by atoms with Crippen LogP contribution in [0.25, 0.3) is 21.2 Å². The number of amides is 1. The van der Waals surface area contributed by atoms with Crippen LogP contribution in [0.2, 0.25) is 0 Å². The average molecular weight is 267 g/mol. The van der Waals surface area contributed by atoms with E-state index in [2.05, 4.69) is 15.0 Å². The second kappa shape index (κ2) is 5.19. The van der Waals surface area contributed by atoms with Crippen molar-refractivity contribution in [1.29, 1.82) is 0 Å². The number of hydrogen-bond donors (Lipinski definition) is 0. The van der Waals surface area contributed by atoms with Gasteiger partial charge in [-0.1, -0.05) is 11.2 Å². The summed E-state index contributed by atoms with van der Waals surface area (Å²) in [6.45, 7) is 0.977. The first-order valence-electron chi connectivity index (χ1n) is 6.43. The summed E-state index contributed by atoms with van der Waals surface area (Å²) in [5.74, 6) is 0.183. The third kappa shape index (κ3) is 2.29. The van der Waals surface area contributed by atoms with Crippen molar-refractivity contribution in [3.05, 3.63) is 47.1 Å². The molecule has 0 aliphatic carbocycles. The summed E-state index contributed by atoms with van der Waals surface area (Å²) in [6, 6.07) is 7.81. The van der Waals surface area contributed by atoms with E-state index in [1.165, 1.54) is 0 Å². The van der Waals surface area contributed by atoms with E-state index >= 15 is 0 Å². The zero-order valence-electron chi connectivity index (χ0n) is 10.8. The molecule has 2 heterocycles. The Hall–Kier alpha value is -2.59. The largest absolute Gasteiger partial charge is 0.312 e. The van der Waals surface area contributed by atoms with Gasteiger partial charge in [-0.05, 0) is 35.0 Å². The summed E-state index contributed by atoms with van der Waals surface area (Å²) in [4.78, 5) is 20.6. The van der Waals surface area contributed by atoms with Gasteiger partial charge in [0.2, 0.25) is 5.91 Å². The molecule has 1 aromatic heterocycles. The quantitative estimate of drug-likeness (QED) is 0.486. The van der Waals surface area contributed by atoms with Crippen molar-refractivity contribution in [2.45, 2.75) is 6.42 Å². The van der Waals surface area contributed by atoms with E-state index in [4.69, 9.17) is 5.53 Å². The highest BCUT2D eigenvalue weighted by molar-refractivity contribution is 5.98. The molecule has 1 saturated heterocycles. The Bertz CT molecular complexity index is 708. The standard InChI is InChI=1S/C14H13N5O/c15-18-17-7-10-5-14(20)19(9-10)13-2-1-12-8-16-4-3-11(12)6-13/h1-4,6,8,10H,5,7,9H2. The summed E-state index contributed by atoms with van der Waals surface area (Å²) in [6.07, 6.45) is 3.98. The molecule has 0 radical (unpaired) electrons. The van der Waals surface area contributed by atoms with E-state index in [1.54, 1.807) is 17.3 Å². The Morgan fingerprint density at radius 2 is 2.30 bits per heavy atom. The number of benzene rings is 1.